The fourth-order valence-electron chi connectivity index (χ4n) is 8.91. The van der Waals surface area contributed by atoms with Crippen LogP contribution in [0.25, 0.3) is 0 Å². The van der Waals surface area contributed by atoms with Gasteiger partial charge in [0.1, 0.15) is 0 Å². The number of nitrogens with one attached hydrogen (secondary N) is 1. The summed E-state index contributed by atoms with van der Waals surface area (Å²) in [5, 5.41) is 23.2. The summed E-state index contributed by atoms with van der Waals surface area (Å²) in [4.78, 5) is 12.5. The fourth-order valence-corrected chi connectivity index (χ4v) is 8.91. The highest BCUT2D eigenvalue weighted by Gasteiger charge is 2.18. The predicted octanol–water partition coefficient (Wildman–Crippen LogP) is 21.4. The molecule has 74 heavy (non-hydrogen) atoms. The molecule has 4 heteroatoms. The van der Waals surface area contributed by atoms with E-state index in [-0.39, 0.29) is 12.5 Å². The first-order valence-corrected chi connectivity index (χ1v) is 31.4. The summed E-state index contributed by atoms with van der Waals surface area (Å²) >= 11 is 0. The van der Waals surface area contributed by atoms with Gasteiger partial charge in [-0.05, 0) is 96.3 Å². The van der Waals surface area contributed by atoms with E-state index in [1.807, 2.05) is 6.08 Å². The van der Waals surface area contributed by atoms with Crippen molar-refractivity contribution < 1.29 is 15.0 Å². The average molecular weight is 1020 g/mol. The molecule has 0 spiro atoms. The monoisotopic (exact) mass is 1020 g/mol. The molecule has 2 unspecified atom stereocenters. The molecule has 3 N–H and O–H groups in total. The van der Waals surface area contributed by atoms with Crippen LogP contribution in [0, 0.1) is 0 Å². The largest absolute Gasteiger partial charge is 0.394 e. The smallest absolute Gasteiger partial charge is 0.220 e. The van der Waals surface area contributed by atoms with Gasteiger partial charge in [-0.3, -0.25) is 4.79 Å². The maximum atomic E-state index is 12.5. The summed E-state index contributed by atoms with van der Waals surface area (Å²) in [5.41, 5.74) is 0. The molecule has 0 aromatic heterocycles. The third kappa shape index (κ3) is 59.4. The molecule has 0 heterocycles. The van der Waals surface area contributed by atoms with Gasteiger partial charge in [-0.1, -0.05) is 314 Å². The molecule has 0 aliphatic heterocycles. The third-order valence-electron chi connectivity index (χ3n) is 13.6. The molecule has 4 nitrogen and oxygen atoms in total. The van der Waals surface area contributed by atoms with Crippen molar-refractivity contribution in [2.75, 3.05) is 6.61 Å². The van der Waals surface area contributed by atoms with Gasteiger partial charge in [0.05, 0.1) is 18.8 Å². The van der Waals surface area contributed by atoms with Crippen LogP contribution in [0.4, 0.5) is 0 Å². The Morgan fingerprint density at radius 2 is 0.595 bits per heavy atom. The van der Waals surface area contributed by atoms with Gasteiger partial charge in [0.25, 0.3) is 0 Å². The van der Waals surface area contributed by atoms with Crippen LogP contribution in [0.15, 0.2) is 134 Å². The summed E-state index contributed by atoms with van der Waals surface area (Å²) in [5.74, 6) is -0.0912. The van der Waals surface area contributed by atoms with Gasteiger partial charge >= 0.3 is 0 Å². The number of aliphatic hydroxyl groups is 2. The molecule has 2 atom stereocenters. The first kappa shape index (κ1) is 70.5. The Morgan fingerprint density at radius 3 is 0.892 bits per heavy atom. The van der Waals surface area contributed by atoms with Crippen LogP contribution in [-0.2, 0) is 4.79 Å². The molecule has 0 fully saturated rings. The Hall–Kier alpha value is -3.47. The summed E-state index contributed by atoms with van der Waals surface area (Å²) in [7, 11) is 0. The Bertz CT molecular complexity index is 1490. The number of allylic oxidation sites excluding steroid dienone is 21. The minimum Gasteiger partial charge on any atom is -0.394 e. The normalized spacial score (nSPS) is 13.7. The van der Waals surface area contributed by atoms with Crippen molar-refractivity contribution in [3.63, 3.8) is 0 Å². The standard InChI is InChI=1S/C70H119NO3/c1-3-5-7-9-11-13-15-17-19-21-23-25-27-29-31-32-33-34-35-36-37-38-40-42-44-46-48-50-52-54-56-58-60-62-64-66-70(74)71-68(67-72)69(73)65-63-61-59-57-55-53-51-49-47-45-43-41-39-30-28-26-24-22-20-18-16-14-12-10-8-6-4-2/h5,7,11,13,17,19,23,25,29,31,33-34,36-37,40,42,46,48,52,54,63,65,68-69,72-73H,3-4,6,8-10,12,14-16,18,20-22,24,26-28,30,32,35,38-39,41,43-45,47,49-51,53,55-62,64,66-67H2,1-2H3,(H,71,74)/b7-5-,13-11-,19-17-,25-23-,31-29-,34-33-,37-36-,42-40-,48-46-,54-52-,65-63+. The van der Waals surface area contributed by atoms with E-state index >= 15 is 0 Å². The molecule has 422 valence electrons. The lowest BCUT2D eigenvalue weighted by Gasteiger charge is -2.20. The van der Waals surface area contributed by atoms with E-state index in [9.17, 15) is 15.0 Å². The number of hydrogen-bond donors (Lipinski definition) is 3. The number of carbonyl (C=O) groups is 1. The second-order valence-electron chi connectivity index (χ2n) is 20.7. The van der Waals surface area contributed by atoms with Gasteiger partial charge in [-0.25, -0.2) is 0 Å². The highest BCUT2D eigenvalue weighted by Crippen LogP contribution is 2.17. The summed E-state index contributed by atoms with van der Waals surface area (Å²) in [6, 6.07) is -0.648. The molecule has 0 radical (unpaired) electrons. The molecule has 0 rings (SSSR count). The SMILES string of the molecule is CC/C=C\C/C=C\C/C=C\C/C=C\C/C=C\C/C=C\C/C=C\C/C=C\C/C=C\C/C=C\CCCCCCC(=O)NC(CO)C(O)/C=C/CCCCCCCCCCCCCCCCCCCCCCCCCCC. The van der Waals surface area contributed by atoms with Crippen LogP contribution in [0.3, 0.4) is 0 Å². The first-order valence-electron chi connectivity index (χ1n) is 31.4. The molecule has 1 amide bonds. The van der Waals surface area contributed by atoms with E-state index in [0.29, 0.717) is 6.42 Å². The summed E-state index contributed by atoms with van der Waals surface area (Å²) in [6.07, 6.45) is 99.1. The van der Waals surface area contributed by atoms with Crippen molar-refractivity contribution in [3.05, 3.63) is 134 Å². The van der Waals surface area contributed by atoms with Gasteiger partial charge in [-0.2, -0.15) is 0 Å². The minimum absolute atomic E-state index is 0.0912. The van der Waals surface area contributed by atoms with Gasteiger partial charge in [0, 0.05) is 6.42 Å². The van der Waals surface area contributed by atoms with E-state index in [0.717, 1.165) is 109 Å². The Labute approximate surface area is 460 Å². The minimum atomic E-state index is -0.862. The zero-order valence-electron chi connectivity index (χ0n) is 48.6. The Morgan fingerprint density at radius 1 is 0.338 bits per heavy atom. The van der Waals surface area contributed by atoms with Crippen LogP contribution in [0.5, 0.6) is 0 Å². The molecule has 0 saturated carbocycles. The van der Waals surface area contributed by atoms with Gasteiger partial charge in [0.15, 0.2) is 0 Å². The maximum Gasteiger partial charge on any atom is 0.220 e. The van der Waals surface area contributed by atoms with Gasteiger partial charge < -0.3 is 15.5 Å². The maximum absolute atomic E-state index is 12.5. The molecular formula is C70H119NO3. The lowest BCUT2D eigenvalue weighted by atomic mass is 10.0. The number of amides is 1. The van der Waals surface area contributed by atoms with E-state index in [2.05, 4.69) is 141 Å². The third-order valence-corrected chi connectivity index (χ3v) is 13.6. The van der Waals surface area contributed by atoms with Crippen LogP contribution in [0.1, 0.15) is 284 Å². The zero-order valence-corrected chi connectivity index (χ0v) is 48.6. The lowest BCUT2D eigenvalue weighted by molar-refractivity contribution is -0.123. The van der Waals surface area contributed by atoms with Crippen LogP contribution >= 0.6 is 0 Å². The molecule has 0 aromatic carbocycles. The average Bonchev–Trinajstić information content (AvgIpc) is 3.40. The van der Waals surface area contributed by atoms with Crippen LogP contribution in [0.2, 0.25) is 0 Å². The van der Waals surface area contributed by atoms with Crippen molar-refractivity contribution in [3.8, 4) is 0 Å². The second-order valence-corrected chi connectivity index (χ2v) is 20.7. The molecule has 0 saturated heterocycles. The quantitative estimate of drug-likeness (QED) is 0.0420. The summed E-state index contributed by atoms with van der Waals surface area (Å²) in [6.45, 7) is 4.20. The number of rotatable bonds is 56. The number of hydrogen-bond acceptors (Lipinski definition) is 3. The second kappa shape index (κ2) is 63.8. The Balaban J connectivity index is 3.64. The zero-order chi connectivity index (χ0) is 53.4. The van der Waals surface area contributed by atoms with Crippen molar-refractivity contribution >= 4 is 5.91 Å². The highest BCUT2D eigenvalue weighted by atomic mass is 16.3. The van der Waals surface area contributed by atoms with E-state index in [1.54, 1.807) is 6.08 Å². The molecular weight excluding hydrogens is 903 g/mol. The lowest BCUT2D eigenvalue weighted by Crippen LogP contribution is -2.45. The van der Waals surface area contributed by atoms with Crippen LogP contribution < -0.4 is 5.32 Å². The van der Waals surface area contributed by atoms with Gasteiger partial charge in [0.2, 0.25) is 5.91 Å². The number of aliphatic hydroxyl groups excluding tert-OH is 2. The number of carbonyl (C=O) groups excluding carboxylic acids is 1. The van der Waals surface area contributed by atoms with Crippen molar-refractivity contribution in [1.29, 1.82) is 0 Å². The fraction of sp³-hybridized carbons (Fsp3) is 0.671. The van der Waals surface area contributed by atoms with Crippen molar-refractivity contribution in [2.45, 2.75) is 296 Å². The molecule has 0 aromatic rings. The first-order chi connectivity index (χ1) is 36.7. The molecule has 0 aliphatic carbocycles. The van der Waals surface area contributed by atoms with Crippen molar-refractivity contribution in [1.82, 2.24) is 5.32 Å². The number of unbranched alkanes of at least 4 members (excludes halogenated alkanes) is 29. The van der Waals surface area contributed by atoms with E-state index < -0.39 is 12.1 Å². The highest BCUT2D eigenvalue weighted by molar-refractivity contribution is 5.76. The van der Waals surface area contributed by atoms with E-state index in [1.165, 1.54) is 154 Å². The van der Waals surface area contributed by atoms with Crippen LogP contribution in [-0.4, -0.2) is 34.9 Å². The topological polar surface area (TPSA) is 69.6 Å². The predicted molar refractivity (Wildman–Crippen MR) is 331 cm³/mol. The summed E-state index contributed by atoms with van der Waals surface area (Å²) < 4.78 is 0. The molecule has 0 aliphatic rings. The van der Waals surface area contributed by atoms with Crippen molar-refractivity contribution in [2.24, 2.45) is 0 Å². The van der Waals surface area contributed by atoms with Gasteiger partial charge in [-0.15, -0.1) is 0 Å². The molecule has 0 bridgehead atoms. The van der Waals surface area contributed by atoms with E-state index in [4.69, 9.17) is 0 Å². The Kier molecular flexibility index (Phi) is 60.8.